The summed E-state index contributed by atoms with van der Waals surface area (Å²) in [6.45, 7) is 3.97. The molecule has 1 aliphatic rings. The van der Waals surface area contributed by atoms with Gasteiger partial charge in [0.05, 0.1) is 33.5 Å². The number of methoxy groups -OCH3 is 2. The van der Waals surface area contributed by atoms with Crippen molar-refractivity contribution in [3.05, 3.63) is 59.7 Å². The largest absolute Gasteiger partial charge is 0.493 e. The van der Waals surface area contributed by atoms with Gasteiger partial charge >= 0.3 is 6.03 Å². The summed E-state index contributed by atoms with van der Waals surface area (Å²) < 4.78 is 16.3. The number of hydrogen-bond acceptors (Lipinski definition) is 5. The molecular weight excluding hydrogens is 370 g/mol. The van der Waals surface area contributed by atoms with E-state index < -0.39 is 0 Å². The quantitative estimate of drug-likeness (QED) is 0.714. The van der Waals surface area contributed by atoms with Crippen molar-refractivity contribution in [1.82, 2.24) is 15.5 Å². The zero-order valence-corrected chi connectivity index (χ0v) is 17.0. The average Bonchev–Trinajstić information content (AvgIpc) is 2.79. The molecule has 29 heavy (non-hydrogen) atoms. The van der Waals surface area contributed by atoms with Crippen LogP contribution in [-0.4, -0.2) is 58.0 Å². The smallest absolute Gasteiger partial charge is 0.315 e. The van der Waals surface area contributed by atoms with Crippen molar-refractivity contribution in [3.63, 3.8) is 0 Å². The molecule has 0 aromatic heterocycles. The van der Waals surface area contributed by atoms with E-state index in [1.165, 1.54) is 0 Å². The van der Waals surface area contributed by atoms with Gasteiger partial charge in [0.2, 0.25) is 0 Å². The highest BCUT2D eigenvalue weighted by Gasteiger charge is 2.24. The Hall–Kier alpha value is -2.77. The molecule has 1 atom stereocenters. The van der Waals surface area contributed by atoms with Gasteiger partial charge in [-0.05, 0) is 23.3 Å². The van der Waals surface area contributed by atoms with Crippen LogP contribution < -0.4 is 20.1 Å². The Kier molecular flexibility index (Phi) is 7.72. The van der Waals surface area contributed by atoms with E-state index in [1.807, 2.05) is 48.5 Å². The minimum atomic E-state index is -0.187. The van der Waals surface area contributed by atoms with Crippen molar-refractivity contribution in [1.29, 1.82) is 0 Å². The maximum Gasteiger partial charge on any atom is 0.315 e. The summed E-state index contributed by atoms with van der Waals surface area (Å²) in [6, 6.07) is 15.6. The van der Waals surface area contributed by atoms with Gasteiger partial charge in [-0.1, -0.05) is 36.4 Å². The molecule has 0 spiro atoms. The standard InChI is InChI=1S/C22H29N3O4/c1-27-20-9-8-18(14-21(20)28-2)19(25-10-12-29-13-11-25)16-24-22(26)23-15-17-6-4-3-5-7-17/h3-9,14,19H,10-13,15-16H2,1-2H3,(H2,23,24,26)/t19-/m0/s1. The number of nitrogens with zero attached hydrogens (tertiary/aromatic N) is 1. The van der Waals surface area contributed by atoms with E-state index >= 15 is 0 Å². The third-order valence-electron chi connectivity index (χ3n) is 5.03. The van der Waals surface area contributed by atoms with Crippen LogP contribution in [0.5, 0.6) is 11.5 Å². The summed E-state index contributed by atoms with van der Waals surface area (Å²) in [5, 5.41) is 5.92. The van der Waals surface area contributed by atoms with Gasteiger partial charge in [-0.15, -0.1) is 0 Å². The lowest BCUT2D eigenvalue weighted by Gasteiger charge is -2.35. The van der Waals surface area contributed by atoms with Crippen molar-refractivity contribution in [3.8, 4) is 11.5 Å². The molecule has 1 heterocycles. The first-order valence-electron chi connectivity index (χ1n) is 9.80. The van der Waals surface area contributed by atoms with E-state index in [9.17, 15) is 4.79 Å². The molecule has 0 aliphatic carbocycles. The van der Waals surface area contributed by atoms with Crippen LogP contribution in [0, 0.1) is 0 Å². The van der Waals surface area contributed by atoms with Gasteiger partial charge in [0, 0.05) is 26.2 Å². The molecule has 7 nitrogen and oxygen atoms in total. The van der Waals surface area contributed by atoms with Crippen LogP contribution in [0.4, 0.5) is 4.79 Å². The molecule has 0 saturated carbocycles. The van der Waals surface area contributed by atoms with E-state index in [1.54, 1.807) is 14.2 Å². The minimum Gasteiger partial charge on any atom is -0.493 e. The fourth-order valence-corrected chi connectivity index (χ4v) is 3.44. The van der Waals surface area contributed by atoms with Crippen LogP contribution in [0.1, 0.15) is 17.2 Å². The van der Waals surface area contributed by atoms with Gasteiger partial charge in [-0.3, -0.25) is 4.90 Å². The highest BCUT2D eigenvalue weighted by molar-refractivity contribution is 5.73. The van der Waals surface area contributed by atoms with Crippen LogP contribution in [0.15, 0.2) is 48.5 Å². The lowest BCUT2D eigenvalue weighted by Crippen LogP contribution is -2.45. The molecule has 0 bridgehead atoms. The number of amides is 2. The second-order valence-corrected chi connectivity index (χ2v) is 6.83. The molecule has 1 aliphatic heterocycles. The number of nitrogens with one attached hydrogen (secondary N) is 2. The zero-order valence-electron chi connectivity index (χ0n) is 17.0. The molecule has 3 rings (SSSR count). The first-order valence-corrected chi connectivity index (χ1v) is 9.80. The minimum absolute atomic E-state index is 0.0150. The highest BCUT2D eigenvalue weighted by Crippen LogP contribution is 2.32. The maximum atomic E-state index is 12.3. The Morgan fingerprint density at radius 2 is 1.76 bits per heavy atom. The van der Waals surface area contributed by atoms with Crippen molar-refractivity contribution in [2.24, 2.45) is 0 Å². The van der Waals surface area contributed by atoms with Gasteiger partial charge in [-0.25, -0.2) is 4.79 Å². The van der Waals surface area contributed by atoms with Crippen LogP contribution >= 0.6 is 0 Å². The molecule has 7 heteroatoms. The summed E-state index contributed by atoms with van der Waals surface area (Å²) >= 11 is 0. The van der Waals surface area contributed by atoms with Crippen molar-refractivity contribution in [2.75, 3.05) is 47.1 Å². The molecule has 0 unspecified atom stereocenters. The van der Waals surface area contributed by atoms with Crippen LogP contribution in [0.25, 0.3) is 0 Å². The van der Waals surface area contributed by atoms with Crippen molar-refractivity contribution < 1.29 is 19.0 Å². The number of carbonyl (C=O) groups excluding carboxylic acids is 1. The number of ether oxygens (including phenoxy) is 3. The predicted octanol–water partition coefficient (Wildman–Crippen LogP) is 2.58. The van der Waals surface area contributed by atoms with Crippen LogP contribution in [-0.2, 0) is 11.3 Å². The van der Waals surface area contributed by atoms with Gasteiger partial charge < -0.3 is 24.8 Å². The Bertz CT molecular complexity index is 779. The van der Waals surface area contributed by atoms with Crippen molar-refractivity contribution >= 4 is 6.03 Å². The third-order valence-corrected chi connectivity index (χ3v) is 5.03. The molecule has 156 valence electrons. The molecule has 0 radical (unpaired) electrons. The monoisotopic (exact) mass is 399 g/mol. The molecule has 2 aromatic carbocycles. The number of hydrogen-bond donors (Lipinski definition) is 2. The lowest BCUT2D eigenvalue weighted by molar-refractivity contribution is 0.0166. The number of rotatable bonds is 8. The summed E-state index contributed by atoms with van der Waals surface area (Å²) in [7, 11) is 3.25. The van der Waals surface area contributed by atoms with Gasteiger partial charge in [0.1, 0.15) is 0 Å². The molecule has 2 N–H and O–H groups in total. The Labute approximate surface area is 171 Å². The first kappa shape index (κ1) is 21.0. The number of morpholine rings is 1. The van der Waals surface area contributed by atoms with Crippen LogP contribution in [0.2, 0.25) is 0 Å². The number of benzene rings is 2. The average molecular weight is 399 g/mol. The summed E-state index contributed by atoms with van der Waals surface area (Å²) in [5.74, 6) is 1.36. The fraction of sp³-hybridized carbons (Fsp3) is 0.409. The van der Waals surface area contributed by atoms with Gasteiger partial charge in [0.25, 0.3) is 0 Å². The summed E-state index contributed by atoms with van der Waals surface area (Å²) in [6.07, 6.45) is 0. The van der Waals surface area contributed by atoms with Crippen molar-refractivity contribution in [2.45, 2.75) is 12.6 Å². The molecule has 1 fully saturated rings. The lowest BCUT2D eigenvalue weighted by atomic mass is 10.0. The molecule has 1 saturated heterocycles. The number of urea groups is 1. The Morgan fingerprint density at radius 1 is 1.03 bits per heavy atom. The second kappa shape index (κ2) is 10.7. The Balaban J connectivity index is 1.66. The normalized spacial score (nSPS) is 15.4. The van der Waals surface area contributed by atoms with Crippen LogP contribution in [0.3, 0.4) is 0 Å². The van der Waals surface area contributed by atoms with E-state index in [-0.39, 0.29) is 12.1 Å². The highest BCUT2D eigenvalue weighted by atomic mass is 16.5. The maximum absolute atomic E-state index is 12.3. The molecule has 2 aromatic rings. The first-order chi connectivity index (χ1) is 14.2. The SMILES string of the molecule is COc1ccc([C@H](CNC(=O)NCc2ccccc2)N2CCOCC2)cc1OC. The van der Waals surface area contributed by atoms with E-state index in [0.717, 1.165) is 24.2 Å². The zero-order chi connectivity index (χ0) is 20.5. The molecular formula is C22H29N3O4. The Morgan fingerprint density at radius 3 is 2.45 bits per heavy atom. The van der Waals surface area contributed by atoms with Gasteiger partial charge in [-0.2, -0.15) is 0 Å². The van der Waals surface area contributed by atoms with E-state index in [2.05, 4.69) is 15.5 Å². The summed E-state index contributed by atoms with van der Waals surface area (Å²) in [4.78, 5) is 14.7. The second-order valence-electron chi connectivity index (χ2n) is 6.83. The van der Waals surface area contributed by atoms with E-state index in [0.29, 0.717) is 37.8 Å². The van der Waals surface area contributed by atoms with Gasteiger partial charge in [0.15, 0.2) is 11.5 Å². The fourth-order valence-electron chi connectivity index (χ4n) is 3.44. The molecule has 2 amide bonds. The topological polar surface area (TPSA) is 72.1 Å². The van der Waals surface area contributed by atoms with E-state index in [4.69, 9.17) is 14.2 Å². The predicted molar refractivity (Wildman–Crippen MR) is 111 cm³/mol. The number of carbonyl (C=O) groups is 1. The summed E-state index contributed by atoms with van der Waals surface area (Å²) in [5.41, 5.74) is 2.13. The third kappa shape index (κ3) is 5.85.